The van der Waals surface area contributed by atoms with Gasteiger partial charge in [-0.05, 0) is 36.1 Å². The number of nitrogens with zero attached hydrogens (tertiary/aromatic N) is 1. The first-order chi connectivity index (χ1) is 8.99. The summed E-state index contributed by atoms with van der Waals surface area (Å²) in [5.41, 5.74) is 0.0714. The van der Waals surface area contributed by atoms with E-state index in [1.165, 1.54) is 0 Å². The summed E-state index contributed by atoms with van der Waals surface area (Å²) >= 11 is 0. The van der Waals surface area contributed by atoms with Crippen molar-refractivity contribution >= 4 is 16.7 Å². The highest BCUT2D eigenvalue weighted by molar-refractivity contribution is 5.87. The smallest absolute Gasteiger partial charge is 0.419 e. The molecule has 0 saturated heterocycles. The summed E-state index contributed by atoms with van der Waals surface area (Å²) in [6.45, 7) is 3.91. The normalized spacial score (nSPS) is 10.8. The standard InChI is InChI=1S/C13H13NO5/c1-3-7-5-9-10(6-8(7)4-2)19-13(16)11(12(9)15)14(17)18/h5-6,15H,3-4H2,1-2H3. The average molecular weight is 263 g/mol. The van der Waals surface area contributed by atoms with Crippen molar-refractivity contribution in [1.29, 1.82) is 0 Å². The lowest BCUT2D eigenvalue weighted by atomic mass is 10.00. The highest BCUT2D eigenvalue weighted by atomic mass is 16.6. The lowest BCUT2D eigenvalue weighted by molar-refractivity contribution is -0.388. The van der Waals surface area contributed by atoms with E-state index in [1.54, 1.807) is 12.1 Å². The molecule has 0 fully saturated rings. The van der Waals surface area contributed by atoms with Crippen LogP contribution in [0.2, 0.25) is 0 Å². The quantitative estimate of drug-likeness (QED) is 0.521. The van der Waals surface area contributed by atoms with Gasteiger partial charge in [0.2, 0.25) is 5.75 Å². The number of fused-ring (bicyclic) bond motifs is 1. The van der Waals surface area contributed by atoms with Crippen LogP contribution in [0.5, 0.6) is 5.75 Å². The minimum Gasteiger partial charge on any atom is -0.501 e. The molecule has 6 nitrogen and oxygen atoms in total. The maximum Gasteiger partial charge on any atom is 0.419 e. The van der Waals surface area contributed by atoms with Gasteiger partial charge in [0.15, 0.2) is 0 Å². The van der Waals surface area contributed by atoms with Gasteiger partial charge in [0.05, 0.1) is 10.3 Å². The summed E-state index contributed by atoms with van der Waals surface area (Å²) in [6, 6.07) is 3.29. The molecule has 1 aromatic carbocycles. The molecule has 19 heavy (non-hydrogen) atoms. The zero-order valence-electron chi connectivity index (χ0n) is 10.6. The zero-order valence-corrected chi connectivity index (χ0v) is 10.6. The van der Waals surface area contributed by atoms with E-state index < -0.39 is 22.0 Å². The second-order valence-corrected chi connectivity index (χ2v) is 4.17. The van der Waals surface area contributed by atoms with E-state index >= 15 is 0 Å². The topological polar surface area (TPSA) is 93.6 Å². The predicted octanol–water partition coefficient (Wildman–Crippen LogP) is 2.53. The second-order valence-electron chi connectivity index (χ2n) is 4.17. The molecule has 1 heterocycles. The molecule has 0 atom stereocenters. The van der Waals surface area contributed by atoms with Crippen LogP contribution in [0.3, 0.4) is 0 Å². The molecule has 6 heteroatoms. The molecule has 0 radical (unpaired) electrons. The minimum atomic E-state index is -1.14. The van der Waals surface area contributed by atoms with Crippen LogP contribution < -0.4 is 5.63 Å². The number of rotatable bonds is 3. The van der Waals surface area contributed by atoms with Gasteiger partial charge < -0.3 is 9.52 Å². The fourth-order valence-electron chi connectivity index (χ4n) is 2.13. The highest BCUT2D eigenvalue weighted by Gasteiger charge is 2.24. The van der Waals surface area contributed by atoms with Crippen molar-refractivity contribution in [2.45, 2.75) is 26.7 Å². The predicted molar refractivity (Wildman–Crippen MR) is 69.6 cm³/mol. The van der Waals surface area contributed by atoms with Gasteiger partial charge in [0.1, 0.15) is 5.58 Å². The van der Waals surface area contributed by atoms with Gasteiger partial charge in [-0.3, -0.25) is 10.1 Å². The van der Waals surface area contributed by atoms with Crippen molar-refractivity contribution < 1.29 is 14.4 Å². The fraction of sp³-hybridized carbons (Fsp3) is 0.308. The molecule has 0 aliphatic rings. The Kier molecular flexibility index (Phi) is 3.25. The molecule has 2 aromatic rings. The first-order valence-corrected chi connectivity index (χ1v) is 5.95. The van der Waals surface area contributed by atoms with Gasteiger partial charge in [-0.25, -0.2) is 4.79 Å². The first-order valence-electron chi connectivity index (χ1n) is 5.95. The number of aryl methyl sites for hydroxylation is 2. The summed E-state index contributed by atoms with van der Waals surface area (Å²) in [4.78, 5) is 21.3. The average Bonchev–Trinajstić information content (AvgIpc) is 2.36. The SMILES string of the molecule is CCc1cc2oc(=O)c([N+](=O)[O-])c(O)c2cc1CC. The molecule has 0 unspecified atom stereocenters. The fourth-order valence-corrected chi connectivity index (χ4v) is 2.13. The number of hydrogen-bond donors (Lipinski definition) is 1. The summed E-state index contributed by atoms with van der Waals surface area (Å²) in [5, 5.41) is 20.8. The molecule has 2 rings (SSSR count). The van der Waals surface area contributed by atoms with E-state index in [0.717, 1.165) is 24.0 Å². The molecule has 100 valence electrons. The molecule has 1 N–H and O–H groups in total. The van der Waals surface area contributed by atoms with Gasteiger partial charge in [0, 0.05) is 0 Å². The van der Waals surface area contributed by atoms with Crippen LogP contribution in [0.15, 0.2) is 21.3 Å². The molecule has 0 aliphatic carbocycles. The Morgan fingerprint density at radius 1 is 1.26 bits per heavy atom. The van der Waals surface area contributed by atoms with Crippen LogP contribution in [-0.4, -0.2) is 10.0 Å². The van der Waals surface area contributed by atoms with Gasteiger partial charge in [-0.1, -0.05) is 13.8 Å². The van der Waals surface area contributed by atoms with Crippen molar-refractivity contribution in [1.82, 2.24) is 0 Å². The lowest BCUT2D eigenvalue weighted by Gasteiger charge is -2.08. The first kappa shape index (κ1) is 13.1. The molecule has 0 saturated carbocycles. The molecule has 0 amide bonds. The van der Waals surface area contributed by atoms with Crippen molar-refractivity contribution in [2.24, 2.45) is 0 Å². The monoisotopic (exact) mass is 263 g/mol. The van der Waals surface area contributed by atoms with Crippen LogP contribution in [0.1, 0.15) is 25.0 Å². The Morgan fingerprint density at radius 2 is 1.84 bits per heavy atom. The van der Waals surface area contributed by atoms with E-state index in [1.807, 2.05) is 13.8 Å². The maximum absolute atomic E-state index is 11.5. The van der Waals surface area contributed by atoms with E-state index in [0.29, 0.717) is 0 Å². The van der Waals surface area contributed by atoms with E-state index in [4.69, 9.17) is 4.42 Å². The second kappa shape index (κ2) is 4.72. The van der Waals surface area contributed by atoms with Gasteiger partial charge in [0.25, 0.3) is 0 Å². The van der Waals surface area contributed by atoms with Crippen molar-refractivity contribution in [3.8, 4) is 5.75 Å². The summed E-state index contributed by atoms with van der Waals surface area (Å²) < 4.78 is 4.92. The number of benzene rings is 1. The Hall–Kier alpha value is -2.37. The number of aromatic hydroxyl groups is 1. The van der Waals surface area contributed by atoms with Gasteiger partial charge in [-0.2, -0.15) is 0 Å². The molecule has 0 spiro atoms. The minimum absolute atomic E-state index is 0.169. The third kappa shape index (κ3) is 2.05. The highest BCUT2D eigenvalue weighted by Crippen LogP contribution is 2.33. The van der Waals surface area contributed by atoms with Crippen LogP contribution in [0.4, 0.5) is 5.69 Å². The molecular formula is C13H13NO5. The van der Waals surface area contributed by atoms with E-state index in [2.05, 4.69) is 0 Å². The summed E-state index contributed by atoms with van der Waals surface area (Å²) in [6.07, 6.45) is 1.48. The zero-order chi connectivity index (χ0) is 14.2. The maximum atomic E-state index is 11.5. The number of nitro groups is 1. The summed E-state index contributed by atoms with van der Waals surface area (Å²) in [7, 11) is 0. The molecular weight excluding hydrogens is 250 g/mol. The molecule has 1 aromatic heterocycles. The third-order valence-corrected chi connectivity index (χ3v) is 3.12. The lowest BCUT2D eigenvalue weighted by Crippen LogP contribution is -2.07. The largest absolute Gasteiger partial charge is 0.501 e. The molecule has 0 aliphatic heterocycles. The van der Waals surface area contributed by atoms with Crippen LogP contribution in [0.25, 0.3) is 11.0 Å². The van der Waals surface area contributed by atoms with Crippen molar-refractivity contribution in [2.75, 3.05) is 0 Å². The molecule has 0 bridgehead atoms. The van der Waals surface area contributed by atoms with Crippen LogP contribution >= 0.6 is 0 Å². The number of hydrogen-bond acceptors (Lipinski definition) is 5. The summed E-state index contributed by atoms with van der Waals surface area (Å²) in [5.74, 6) is -0.631. The Morgan fingerprint density at radius 3 is 2.37 bits per heavy atom. The van der Waals surface area contributed by atoms with Crippen LogP contribution in [0, 0.1) is 10.1 Å². The Labute approximate surface area is 108 Å². The van der Waals surface area contributed by atoms with Gasteiger partial charge >= 0.3 is 11.3 Å². The third-order valence-electron chi connectivity index (χ3n) is 3.12. The Balaban J connectivity index is 2.90. The van der Waals surface area contributed by atoms with Crippen molar-refractivity contribution in [3.63, 3.8) is 0 Å². The Bertz CT molecular complexity index is 717. The van der Waals surface area contributed by atoms with E-state index in [-0.39, 0.29) is 11.0 Å². The van der Waals surface area contributed by atoms with Crippen molar-refractivity contribution in [3.05, 3.63) is 43.8 Å². The van der Waals surface area contributed by atoms with Gasteiger partial charge in [-0.15, -0.1) is 0 Å². The van der Waals surface area contributed by atoms with Crippen LogP contribution in [-0.2, 0) is 12.8 Å². The van der Waals surface area contributed by atoms with E-state index in [9.17, 15) is 20.0 Å².